The quantitative estimate of drug-likeness (QED) is 0.836. The molecule has 0 spiro atoms. The number of hydrogen-bond donors (Lipinski definition) is 2. The molecule has 0 aromatic heterocycles. The maximum absolute atomic E-state index is 11.8. The molecule has 2 aliphatic carbocycles. The van der Waals surface area contributed by atoms with Gasteiger partial charge in [-0.05, 0) is 58.8 Å². The summed E-state index contributed by atoms with van der Waals surface area (Å²) in [5.74, 6) is 0.789. The molecule has 4 unspecified atom stereocenters. The highest BCUT2D eigenvalue weighted by Crippen LogP contribution is 2.27. The molecular formula is C17H32N2O2. The van der Waals surface area contributed by atoms with E-state index in [9.17, 15) is 4.79 Å². The number of ether oxygens (including phenoxy) is 1. The second-order valence-electron chi connectivity index (χ2n) is 7.89. The van der Waals surface area contributed by atoms with Crippen LogP contribution in [-0.4, -0.2) is 29.8 Å². The number of amides is 1. The third-order valence-corrected chi connectivity index (χ3v) is 4.71. The summed E-state index contributed by atoms with van der Waals surface area (Å²) >= 11 is 0. The molecule has 0 bridgehead atoms. The Hall–Kier alpha value is -0.770. The van der Waals surface area contributed by atoms with Gasteiger partial charge in [0.05, 0.1) is 0 Å². The minimum absolute atomic E-state index is 0.260. The van der Waals surface area contributed by atoms with Crippen molar-refractivity contribution < 1.29 is 9.53 Å². The molecule has 0 aromatic rings. The fourth-order valence-electron chi connectivity index (χ4n) is 3.60. The van der Waals surface area contributed by atoms with Crippen LogP contribution in [0, 0.1) is 5.92 Å². The first kappa shape index (κ1) is 16.6. The summed E-state index contributed by atoms with van der Waals surface area (Å²) < 4.78 is 5.33. The van der Waals surface area contributed by atoms with Gasteiger partial charge in [0.15, 0.2) is 0 Å². The summed E-state index contributed by atoms with van der Waals surface area (Å²) in [4.78, 5) is 11.8. The maximum Gasteiger partial charge on any atom is 0.407 e. The molecule has 2 saturated carbocycles. The molecule has 0 radical (unpaired) electrons. The fourth-order valence-corrected chi connectivity index (χ4v) is 3.60. The Morgan fingerprint density at radius 1 is 1.05 bits per heavy atom. The molecule has 2 fully saturated rings. The van der Waals surface area contributed by atoms with Gasteiger partial charge in [-0.1, -0.05) is 19.8 Å². The molecule has 0 aromatic carbocycles. The normalized spacial score (nSPS) is 33.7. The lowest BCUT2D eigenvalue weighted by Crippen LogP contribution is -2.44. The van der Waals surface area contributed by atoms with E-state index in [1.54, 1.807) is 0 Å². The minimum atomic E-state index is -0.419. The van der Waals surface area contributed by atoms with E-state index in [4.69, 9.17) is 4.74 Å². The molecule has 2 rings (SSSR count). The van der Waals surface area contributed by atoms with Gasteiger partial charge >= 0.3 is 6.09 Å². The summed E-state index contributed by atoms with van der Waals surface area (Å²) in [7, 11) is 0. The zero-order chi connectivity index (χ0) is 15.5. The smallest absolute Gasteiger partial charge is 0.407 e. The Morgan fingerprint density at radius 2 is 1.71 bits per heavy atom. The van der Waals surface area contributed by atoms with E-state index in [-0.39, 0.29) is 12.1 Å². The van der Waals surface area contributed by atoms with Crippen LogP contribution in [0.3, 0.4) is 0 Å². The number of nitrogens with one attached hydrogen (secondary N) is 2. The van der Waals surface area contributed by atoms with Crippen LogP contribution < -0.4 is 10.6 Å². The van der Waals surface area contributed by atoms with Crippen molar-refractivity contribution in [2.75, 3.05) is 0 Å². The van der Waals surface area contributed by atoms with Gasteiger partial charge in [-0.3, -0.25) is 0 Å². The largest absolute Gasteiger partial charge is 0.444 e. The van der Waals surface area contributed by atoms with Crippen molar-refractivity contribution >= 4 is 6.09 Å². The standard InChI is InChI=1S/C17H32N2O2/c1-12-7-5-6-8-15(12)18-13-9-10-14(11-13)19-16(20)21-17(2,3)4/h12-15,18H,5-11H2,1-4H3,(H,19,20). The Morgan fingerprint density at radius 3 is 2.38 bits per heavy atom. The molecule has 0 saturated heterocycles. The fraction of sp³-hybridized carbons (Fsp3) is 0.941. The lowest BCUT2D eigenvalue weighted by atomic mass is 9.85. The first-order valence-electron chi connectivity index (χ1n) is 8.59. The number of carbonyl (C=O) groups is 1. The van der Waals surface area contributed by atoms with E-state index < -0.39 is 5.60 Å². The van der Waals surface area contributed by atoms with Crippen LogP contribution in [0.25, 0.3) is 0 Å². The predicted molar refractivity (Wildman–Crippen MR) is 85.4 cm³/mol. The van der Waals surface area contributed by atoms with Crippen molar-refractivity contribution in [3.8, 4) is 0 Å². The zero-order valence-electron chi connectivity index (χ0n) is 14.1. The van der Waals surface area contributed by atoms with Gasteiger partial charge in [0.25, 0.3) is 0 Å². The van der Waals surface area contributed by atoms with E-state index in [0.717, 1.165) is 25.2 Å². The second-order valence-corrected chi connectivity index (χ2v) is 7.89. The molecule has 2 aliphatic rings. The van der Waals surface area contributed by atoms with Gasteiger partial charge in [0.1, 0.15) is 5.60 Å². The van der Waals surface area contributed by atoms with Crippen molar-refractivity contribution in [2.24, 2.45) is 5.92 Å². The number of rotatable bonds is 3. The van der Waals surface area contributed by atoms with Crippen LogP contribution in [0.2, 0.25) is 0 Å². The number of carbonyl (C=O) groups excluding carboxylic acids is 1. The topological polar surface area (TPSA) is 50.4 Å². The Balaban J connectivity index is 1.72. The molecule has 0 heterocycles. The van der Waals surface area contributed by atoms with E-state index in [0.29, 0.717) is 12.1 Å². The number of hydrogen-bond acceptors (Lipinski definition) is 3. The van der Waals surface area contributed by atoms with E-state index >= 15 is 0 Å². The van der Waals surface area contributed by atoms with E-state index in [2.05, 4.69) is 17.6 Å². The minimum Gasteiger partial charge on any atom is -0.444 e. The van der Waals surface area contributed by atoms with Crippen molar-refractivity contribution in [3.63, 3.8) is 0 Å². The molecule has 122 valence electrons. The average molecular weight is 296 g/mol. The highest BCUT2D eigenvalue weighted by atomic mass is 16.6. The molecule has 0 aliphatic heterocycles. The van der Waals surface area contributed by atoms with Crippen molar-refractivity contribution in [1.82, 2.24) is 10.6 Å². The van der Waals surface area contributed by atoms with Gasteiger partial charge in [0.2, 0.25) is 0 Å². The first-order chi connectivity index (χ1) is 9.83. The SMILES string of the molecule is CC1CCCCC1NC1CCC(NC(=O)OC(C)(C)C)C1. The van der Waals surface area contributed by atoms with Crippen LogP contribution in [0.5, 0.6) is 0 Å². The summed E-state index contributed by atoms with van der Waals surface area (Å²) in [5.41, 5.74) is -0.419. The van der Waals surface area contributed by atoms with Crippen LogP contribution >= 0.6 is 0 Å². The highest BCUT2D eigenvalue weighted by Gasteiger charge is 2.30. The Kier molecular flexibility index (Phi) is 5.53. The molecule has 1 amide bonds. The molecule has 4 nitrogen and oxygen atoms in total. The Bertz CT molecular complexity index is 351. The molecule has 21 heavy (non-hydrogen) atoms. The van der Waals surface area contributed by atoms with Crippen molar-refractivity contribution in [1.29, 1.82) is 0 Å². The molecule has 4 atom stereocenters. The summed E-state index contributed by atoms with van der Waals surface area (Å²) in [6.07, 6.45) is 8.36. The Labute approximate surface area is 129 Å². The highest BCUT2D eigenvalue weighted by molar-refractivity contribution is 5.68. The third-order valence-electron chi connectivity index (χ3n) is 4.71. The van der Waals surface area contributed by atoms with Gasteiger partial charge < -0.3 is 15.4 Å². The van der Waals surface area contributed by atoms with Gasteiger partial charge in [-0.2, -0.15) is 0 Å². The van der Waals surface area contributed by atoms with Gasteiger partial charge in [0, 0.05) is 18.1 Å². The zero-order valence-corrected chi connectivity index (χ0v) is 14.1. The van der Waals surface area contributed by atoms with Crippen LogP contribution in [0.1, 0.15) is 72.6 Å². The summed E-state index contributed by atoms with van der Waals surface area (Å²) in [5, 5.41) is 6.84. The number of alkyl carbamates (subject to hydrolysis) is 1. The van der Waals surface area contributed by atoms with Gasteiger partial charge in [-0.25, -0.2) is 4.79 Å². The summed E-state index contributed by atoms with van der Waals surface area (Å²) in [6, 6.07) is 1.48. The maximum atomic E-state index is 11.8. The van der Waals surface area contributed by atoms with Gasteiger partial charge in [-0.15, -0.1) is 0 Å². The second kappa shape index (κ2) is 6.99. The monoisotopic (exact) mass is 296 g/mol. The molecule has 4 heteroatoms. The lowest BCUT2D eigenvalue weighted by Gasteiger charge is -2.32. The molecule has 2 N–H and O–H groups in total. The van der Waals surface area contributed by atoms with Crippen LogP contribution in [-0.2, 0) is 4.74 Å². The van der Waals surface area contributed by atoms with Crippen molar-refractivity contribution in [3.05, 3.63) is 0 Å². The van der Waals surface area contributed by atoms with Crippen LogP contribution in [0.15, 0.2) is 0 Å². The van der Waals surface area contributed by atoms with E-state index in [1.807, 2.05) is 20.8 Å². The first-order valence-corrected chi connectivity index (χ1v) is 8.59. The predicted octanol–water partition coefficient (Wildman–Crippen LogP) is 3.60. The summed E-state index contributed by atoms with van der Waals surface area (Å²) in [6.45, 7) is 8.06. The third kappa shape index (κ3) is 5.50. The molecular weight excluding hydrogens is 264 g/mol. The van der Waals surface area contributed by atoms with E-state index in [1.165, 1.54) is 25.7 Å². The lowest BCUT2D eigenvalue weighted by molar-refractivity contribution is 0.0505. The van der Waals surface area contributed by atoms with Crippen molar-refractivity contribution in [2.45, 2.75) is 96.4 Å². The van der Waals surface area contributed by atoms with Crippen LogP contribution in [0.4, 0.5) is 4.79 Å². The average Bonchev–Trinajstić information content (AvgIpc) is 2.77.